The van der Waals surface area contributed by atoms with Crippen LogP contribution in [0, 0.1) is 18.3 Å². The highest BCUT2D eigenvalue weighted by Gasteiger charge is 1.98. The van der Waals surface area contributed by atoms with Crippen molar-refractivity contribution in [2.45, 2.75) is 13.3 Å². The van der Waals surface area contributed by atoms with Gasteiger partial charge in [0.15, 0.2) is 0 Å². The van der Waals surface area contributed by atoms with E-state index in [2.05, 4.69) is 6.07 Å². The van der Waals surface area contributed by atoms with Crippen LogP contribution in [0.5, 0.6) is 5.75 Å². The topological polar surface area (TPSA) is 44.0 Å². The smallest absolute Gasteiger partial charge is 0.119 e. The first-order chi connectivity index (χ1) is 9.19. The van der Waals surface area contributed by atoms with E-state index in [1.54, 1.807) is 12.1 Å². The number of aromatic hydroxyl groups is 1. The average Bonchev–Trinajstić information content (AvgIpc) is 2.41. The zero-order valence-corrected chi connectivity index (χ0v) is 10.8. The summed E-state index contributed by atoms with van der Waals surface area (Å²) in [6.07, 6.45) is 4.61. The molecule has 2 nitrogen and oxygen atoms in total. The van der Waals surface area contributed by atoms with Crippen molar-refractivity contribution in [2.75, 3.05) is 0 Å². The van der Waals surface area contributed by atoms with E-state index in [1.165, 1.54) is 0 Å². The molecule has 0 aliphatic carbocycles. The number of allylic oxidation sites excluding steroid dienone is 1. The average molecular weight is 249 g/mol. The molecule has 0 amide bonds. The third-order valence-electron chi connectivity index (χ3n) is 2.90. The molecule has 0 aliphatic rings. The Bertz CT molecular complexity index is 651. The third kappa shape index (κ3) is 3.46. The summed E-state index contributed by atoms with van der Waals surface area (Å²) >= 11 is 0. The minimum Gasteiger partial charge on any atom is -0.508 e. The molecule has 0 unspecified atom stereocenters. The standard InChI is InChI=1S/C17H15NO/c1-13-8-9-16(17(19)10-13)7-3-5-14-4-2-6-15(11-14)12-18/h2-6,8-11,19H,7H2,1H3/b5-3+. The molecule has 0 bridgehead atoms. The van der Waals surface area contributed by atoms with Gasteiger partial charge in [0.1, 0.15) is 5.75 Å². The van der Waals surface area contributed by atoms with Crippen LogP contribution < -0.4 is 0 Å². The Morgan fingerprint density at radius 3 is 2.79 bits per heavy atom. The van der Waals surface area contributed by atoms with Crippen molar-refractivity contribution in [3.8, 4) is 11.8 Å². The zero-order chi connectivity index (χ0) is 13.7. The summed E-state index contributed by atoms with van der Waals surface area (Å²) in [6.45, 7) is 1.95. The molecule has 2 rings (SSSR count). The molecule has 0 fully saturated rings. The number of nitriles is 1. The molecule has 0 aromatic heterocycles. The van der Waals surface area contributed by atoms with Crippen LogP contribution in [0.1, 0.15) is 22.3 Å². The quantitative estimate of drug-likeness (QED) is 0.898. The lowest BCUT2D eigenvalue weighted by Crippen LogP contribution is -1.84. The zero-order valence-electron chi connectivity index (χ0n) is 10.8. The Morgan fingerprint density at radius 2 is 2.05 bits per heavy atom. The molecule has 0 saturated carbocycles. The van der Waals surface area contributed by atoms with Crippen LogP contribution in [0.25, 0.3) is 6.08 Å². The van der Waals surface area contributed by atoms with Crippen molar-refractivity contribution in [3.05, 3.63) is 70.8 Å². The van der Waals surface area contributed by atoms with E-state index in [1.807, 2.05) is 49.4 Å². The van der Waals surface area contributed by atoms with Crippen molar-refractivity contribution in [1.29, 1.82) is 5.26 Å². The molecule has 2 aromatic carbocycles. The predicted octanol–water partition coefficient (Wildman–Crippen LogP) is 3.83. The van der Waals surface area contributed by atoms with Crippen molar-refractivity contribution in [3.63, 3.8) is 0 Å². The molecule has 0 atom stereocenters. The molecule has 19 heavy (non-hydrogen) atoms. The van der Waals surface area contributed by atoms with Crippen LogP contribution in [-0.4, -0.2) is 5.11 Å². The minimum absolute atomic E-state index is 0.329. The van der Waals surface area contributed by atoms with Gasteiger partial charge in [0.2, 0.25) is 0 Å². The molecule has 0 heterocycles. The highest BCUT2D eigenvalue weighted by Crippen LogP contribution is 2.19. The van der Waals surface area contributed by atoms with Crippen molar-refractivity contribution >= 4 is 6.08 Å². The largest absolute Gasteiger partial charge is 0.508 e. The predicted molar refractivity (Wildman–Crippen MR) is 76.7 cm³/mol. The van der Waals surface area contributed by atoms with Crippen molar-refractivity contribution in [2.24, 2.45) is 0 Å². The Hall–Kier alpha value is -2.53. The molecule has 2 heteroatoms. The summed E-state index contributed by atoms with van der Waals surface area (Å²) in [7, 11) is 0. The van der Waals surface area contributed by atoms with Crippen LogP contribution in [0.2, 0.25) is 0 Å². The molecular formula is C17H15NO. The van der Waals surface area contributed by atoms with Gasteiger partial charge < -0.3 is 5.11 Å². The number of phenols is 1. The number of phenolic OH excluding ortho intramolecular Hbond substituents is 1. The number of nitrogens with zero attached hydrogens (tertiary/aromatic N) is 1. The van der Waals surface area contributed by atoms with Gasteiger partial charge in [-0.1, -0.05) is 36.4 Å². The Kier molecular flexibility index (Phi) is 4.00. The van der Waals surface area contributed by atoms with Crippen LogP contribution in [0.4, 0.5) is 0 Å². The van der Waals surface area contributed by atoms with Crippen LogP contribution in [-0.2, 0) is 6.42 Å². The lowest BCUT2D eigenvalue weighted by Gasteiger charge is -2.02. The summed E-state index contributed by atoms with van der Waals surface area (Å²) in [4.78, 5) is 0. The lowest BCUT2D eigenvalue weighted by atomic mass is 10.1. The molecule has 1 N–H and O–H groups in total. The molecule has 94 valence electrons. The van der Waals surface area contributed by atoms with Crippen molar-refractivity contribution < 1.29 is 5.11 Å². The monoisotopic (exact) mass is 249 g/mol. The number of aryl methyl sites for hydroxylation is 1. The van der Waals surface area contributed by atoms with E-state index in [0.29, 0.717) is 17.7 Å². The molecule has 0 aliphatic heterocycles. The second-order valence-corrected chi connectivity index (χ2v) is 4.48. The minimum atomic E-state index is 0.329. The number of rotatable bonds is 3. The van der Waals surface area contributed by atoms with Crippen LogP contribution >= 0.6 is 0 Å². The SMILES string of the molecule is Cc1ccc(C/C=C/c2cccc(C#N)c2)c(O)c1. The number of hydrogen-bond donors (Lipinski definition) is 1. The van der Waals surface area contributed by atoms with Gasteiger partial charge in [-0.15, -0.1) is 0 Å². The maximum Gasteiger partial charge on any atom is 0.119 e. The summed E-state index contributed by atoms with van der Waals surface area (Å²) in [5.41, 5.74) is 3.59. The van der Waals surface area contributed by atoms with Gasteiger partial charge >= 0.3 is 0 Å². The fourth-order valence-electron chi connectivity index (χ4n) is 1.88. The fourth-order valence-corrected chi connectivity index (χ4v) is 1.88. The van der Waals surface area contributed by atoms with Gasteiger partial charge in [-0.2, -0.15) is 5.26 Å². The summed E-state index contributed by atoms with van der Waals surface area (Å²) in [5, 5.41) is 18.6. The number of hydrogen-bond acceptors (Lipinski definition) is 2. The van der Waals surface area contributed by atoms with Gasteiger partial charge in [0, 0.05) is 0 Å². The fraction of sp³-hybridized carbons (Fsp3) is 0.118. The third-order valence-corrected chi connectivity index (χ3v) is 2.90. The molecule has 0 saturated heterocycles. The summed E-state index contributed by atoms with van der Waals surface area (Å²) in [5.74, 6) is 0.329. The van der Waals surface area contributed by atoms with Gasteiger partial charge in [0.05, 0.1) is 11.6 Å². The van der Waals surface area contributed by atoms with E-state index >= 15 is 0 Å². The molecule has 0 spiro atoms. The molecular weight excluding hydrogens is 234 g/mol. The summed E-state index contributed by atoms with van der Waals surface area (Å²) < 4.78 is 0. The van der Waals surface area contributed by atoms with E-state index in [0.717, 1.165) is 16.7 Å². The van der Waals surface area contributed by atoms with Gasteiger partial charge in [-0.3, -0.25) is 0 Å². The van der Waals surface area contributed by atoms with E-state index in [-0.39, 0.29) is 0 Å². The Balaban J connectivity index is 2.09. The highest BCUT2D eigenvalue weighted by atomic mass is 16.3. The van der Waals surface area contributed by atoms with E-state index in [9.17, 15) is 5.11 Å². The van der Waals surface area contributed by atoms with E-state index in [4.69, 9.17) is 5.26 Å². The van der Waals surface area contributed by atoms with Gasteiger partial charge in [-0.25, -0.2) is 0 Å². The lowest BCUT2D eigenvalue weighted by molar-refractivity contribution is 0.469. The van der Waals surface area contributed by atoms with Gasteiger partial charge in [-0.05, 0) is 48.2 Å². The first-order valence-corrected chi connectivity index (χ1v) is 6.14. The number of benzene rings is 2. The Morgan fingerprint density at radius 1 is 1.21 bits per heavy atom. The van der Waals surface area contributed by atoms with Crippen LogP contribution in [0.15, 0.2) is 48.5 Å². The maximum absolute atomic E-state index is 9.79. The molecule has 2 aromatic rings. The Labute approximate surface area is 113 Å². The molecule has 0 radical (unpaired) electrons. The summed E-state index contributed by atoms with van der Waals surface area (Å²) in [6, 6.07) is 15.2. The van der Waals surface area contributed by atoms with E-state index < -0.39 is 0 Å². The van der Waals surface area contributed by atoms with Crippen LogP contribution in [0.3, 0.4) is 0 Å². The normalized spacial score (nSPS) is 10.5. The first kappa shape index (κ1) is 12.9. The highest BCUT2D eigenvalue weighted by molar-refractivity contribution is 5.53. The second kappa shape index (κ2) is 5.88. The van der Waals surface area contributed by atoms with Gasteiger partial charge in [0.25, 0.3) is 0 Å². The van der Waals surface area contributed by atoms with Crippen molar-refractivity contribution in [1.82, 2.24) is 0 Å². The first-order valence-electron chi connectivity index (χ1n) is 6.14. The second-order valence-electron chi connectivity index (χ2n) is 4.48. The maximum atomic E-state index is 9.79.